The molecule has 11 nitrogen and oxygen atoms in total. The smallest absolute Gasteiger partial charge is 0.367 e. The molecule has 1 fully saturated rings. The van der Waals surface area contributed by atoms with Gasteiger partial charge in [0.2, 0.25) is 11.8 Å². The maximum atomic E-state index is 13.3. The maximum absolute atomic E-state index is 13.3. The molecule has 0 spiro atoms. The number of halogens is 3. The van der Waals surface area contributed by atoms with Gasteiger partial charge in [-0.2, -0.15) is 0 Å². The molecule has 2 aliphatic heterocycles. The number of alkyl halides is 3. The molecule has 1 unspecified atom stereocenters. The molecule has 2 aliphatic rings. The minimum atomic E-state index is -4.99. The van der Waals surface area contributed by atoms with Gasteiger partial charge < -0.3 is 20.5 Å². The van der Waals surface area contributed by atoms with Gasteiger partial charge in [0, 0.05) is 11.9 Å². The number of fused-ring (bicyclic) bond motifs is 4. The van der Waals surface area contributed by atoms with Crippen molar-refractivity contribution >= 4 is 34.7 Å². The van der Waals surface area contributed by atoms with Crippen LogP contribution in [0.4, 0.5) is 13.2 Å². The van der Waals surface area contributed by atoms with Gasteiger partial charge in [-0.25, -0.2) is 5.43 Å². The Labute approximate surface area is 259 Å². The number of ether oxygens (including phenoxy) is 2. The highest BCUT2D eigenvalue weighted by Gasteiger charge is 2.41. The third-order valence-corrected chi connectivity index (χ3v) is 7.94. The SMILES string of the molecule is CC(C)[C@@H]1OC(O)[C@@](C)(COC(F)(F)F)/C=C/c2ccc3ccc(nc3c2)[C@@H](C)NC(=O)[C@@H]2CCCN(N2)C(=O)[C@H](C)NC1=O. The molecule has 14 heteroatoms. The third kappa shape index (κ3) is 8.57. The zero-order valence-electron chi connectivity index (χ0n) is 25.9. The molecule has 0 aliphatic carbocycles. The number of hydrogen-bond acceptors (Lipinski definition) is 8. The van der Waals surface area contributed by atoms with Gasteiger partial charge in [-0.3, -0.25) is 29.1 Å². The third-order valence-electron chi connectivity index (χ3n) is 7.94. The summed E-state index contributed by atoms with van der Waals surface area (Å²) in [6, 6.07) is 6.66. The molecule has 5 bridgehead atoms. The normalized spacial score (nSPS) is 29.9. The van der Waals surface area contributed by atoms with Gasteiger partial charge in [-0.15, -0.1) is 13.2 Å². The number of hydrazine groups is 1. The van der Waals surface area contributed by atoms with Crippen molar-refractivity contribution in [2.45, 2.75) is 84.3 Å². The van der Waals surface area contributed by atoms with Crippen LogP contribution in [0.3, 0.4) is 0 Å². The molecule has 6 atom stereocenters. The summed E-state index contributed by atoms with van der Waals surface area (Å²) in [6.07, 6.45) is -4.36. The molecule has 1 aromatic heterocycles. The number of carbonyl (C=O) groups excluding carboxylic acids is 3. The van der Waals surface area contributed by atoms with Crippen molar-refractivity contribution < 1.29 is 42.1 Å². The van der Waals surface area contributed by atoms with Crippen LogP contribution in [0, 0.1) is 11.3 Å². The summed E-state index contributed by atoms with van der Waals surface area (Å²) in [4.78, 5) is 44.4. The number of carbonyl (C=O) groups is 3. The Balaban J connectivity index is 1.75. The Kier molecular flexibility index (Phi) is 10.5. The molecule has 0 radical (unpaired) electrons. The van der Waals surface area contributed by atoms with E-state index in [-0.39, 0.29) is 5.91 Å². The number of rotatable bonds is 3. The van der Waals surface area contributed by atoms with Crippen LogP contribution in [0.2, 0.25) is 0 Å². The van der Waals surface area contributed by atoms with Crippen molar-refractivity contribution in [2.75, 3.05) is 13.2 Å². The van der Waals surface area contributed by atoms with Crippen LogP contribution in [0.1, 0.15) is 64.8 Å². The van der Waals surface area contributed by atoms with Crippen molar-refractivity contribution in [1.82, 2.24) is 26.1 Å². The highest BCUT2D eigenvalue weighted by molar-refractivity contribution is 5.90. The van der Waals surface area contributed by atoms with Crippen LogP contribution in [0.5, 0.6) is 0 Å². The topological polar surface area (TPSA) is 142 Å². The highest BCUT2D eigenvalue weighted by Crippen LogP contribution is 2.32. The van der Waals surface area contributed by atoms with E-state index in [0.29, 0.717) is 36.2 Å². The molecule has 3 heterocycles. The van der Waals surface area contributed by atoms with Crippen molar-refractivity contribution in [3.63, 3.8) is 0 Å². The Morgan fingerprint density at radius 3 is 2.49 bits per heavy atom. The van der Waals surface area contributed by atoms with Crippen molar-refractivity contribution in [3.8, 4) is 0 Å². The fraction of sp³-hybridized carbons (Fsp3) is 0.548. The van der Waals surface area contributed by atoms with E-state index in [4.69, 9.17) is 9.72 Å². The average Bonchev–Trinajstić information content (AvgIpc) is 2.99. The number of pyridine rings is 1. The van der Waals surface area contributed by atoms with E-state index in [1.165, 1.54) is 31.0 Å². The molecular formula is C31H40F3N5O6. The Morgan fingerprint density at radius 1 is 1.11 bits per heavy atom. The Hall–Kier alpha value is -3.59. The monoisotopic (exact) mass is 635 g/mol. The van der Waals surface area contributed by atoms with E-state index < -0.39 is 66.6 Å². The Morgan fingerprint density at radius 2 is 1.80 bits per heavy atom. The second-order valence-corrected chi connectivity index (χ2v) is 12.2. The van der Waals surface area contributed by atoms with Gasteiger partial charge in [0.1, 0.15) is 18.2 Å². The molecule has 1 aromatic carbocycles. The second-order valence-electron chi connectivity index (χ2n) is 12.2. The van der Waals surface area contributed by atoms with Crippen LogP contribution in [0.15, 0.2) is 36.4 Å². The van der Waals surface area contributed by atoms with E-state index in [0.717, 1.165) is 5.39 Å². The number of hydrogen-bond donors (Lipinski definition) is 4. The van der Waals surface area contributed by atoms with Crippen molar-refractivity contribution in [3.05, 3.63) is 47.7 Å². The summed E-state index contributed by atoms with van der Waals surface area (Å²) in [7, 11) is 0. The number of amides is 3. The number of nitrogens with zero attached hydrogens (tertiary/aromatic N) is 2. The van der Waals surface area contributed by atoms with E-state index in [9.17, 15) is 32.7 Å². The standard InChI is InChI=1S/C31H40F3N5O6/c1-17(2)25-27(41)36-19(4)28(42)39-14-6-7-23(38-39)26(40)35-18(3)22-11-10-21-9-8-20(15-24(21)37-22)12-13-30(5,29(43)45-25)16-44-31(32,33)34/h8-13,15,17-19,23,25,29,38,43H,6-7,14,16H2,1-5H3,(H,35,40)(H,36,41)/b13-12+/t18-,19+,23+,25+,29?,30-/m1/s1. The summed E-state index contributed by atoms with van der Waals surface area (Å²) in [6.45, 7) is 7.14. The maximum Gasteiger partial charge on any atom is 0.522 e. The molecule has 3 amide bonds. The van der Waals surface area contributed by atoms with Crippen LogP contribution >= 0.6 is 0 Å². The zero-order chi connectivity index (χ0) is 33.1. The fourth-order valence-corrected chi connectivity index (χ4v) is 5.15. The summed E-state index contributed by atoms with van der Waals surface area (Å²) < 4.78 is 49.2. The predicted molar refractivity (Wildman–Crippen MR) is 159 cm³/mol. The lowest BCUT2D eigenvalue weighted by Crippen LogP contribution is -2.61. The van der Waals surface area contributed by atoms with Gasteiger partial charge in [0.15, 0.2) is 6.29 Å². The average molecular weight is 636 g/mol. The van der Waals surface area contributed by atoms with Crippen LogP contribution in [0.25, 0.3) is 17.0 Å². The van der Waals surface area contributed by atoms with Gasteiger partial charge in [0.25, 0.3) is 5.91 Å². The molecule has 45 heavy (non-hydrogen) atoms. The van der Waals surface area contributed by atoms with Crippen molar-refractivity contribution in [2.24, 2.45) is 11.3 Å². The molecular weight excluding hydrogens is 595 g/mol. The van der Waals surface area contributed by atoms with Gasteiger partial charge in [-0.1, -0.05) is 44.2 Å². The summed E-state index contributed by atoms with van der Waals surface area (Å²) >= 11 is 0. The molecule has 4 rings (SSSR count). The first-order valence-corrected chi connectivity index (χ1v) is 14.9. The largest absolute Gasteiger partial charge is 0.522 e. The summed E-state index contributed by atoms with van der Waals surface area (Å²) in [5, 5.41) is 18.8. The number of aliphatic hydroxyl groups excluding tert-OH is 1. The number of benzene rings is 1. The van der Waals surface area contributed by atoms with E-state index >= 15 is 0 Å². The lowest BCUT2D eigenvalue weighted by Gasteiger charge is -2.36. The van der Waals surface area contributed by atoms with E-state index in [1.807, 2.05) is 6.07 Å². The molecule has 0 saturated carbocycles. The summed E-state index contributed by atoms with van der Waals surface area (Å²) in [5.41, 5.74) is 2.91. The number of aliphatic hydroxyl groups is 1. The molecule has 2 aromatic rings. The van der Waals surface area contributed by atoms with Crippen molar-refractivity contribution in [1.29, 1.82) is 0 Å². The minimum absolute atomic E-state index is 0.305. The quantitative estimate of drug-likeness (QED) is 0.403. The Bertz CT molecular complexity index is 1440. The second kappa shape index (κ2) is 13.8. The minimum Gasteiger partial charge on any atom is -0.367 e. The first kappa shape index (κ1) is 34.3. The van der Waals surface area contributed by atoms with Gasteiger partial charge >= 0.3 is 6.36 Å². The van der Waals surface area contributed by atoms with Gasteiger partial charge in [-0.05, 0) is 57.2 Å². The first-order valence-electron chi connectivity index (χ1n) is 14.9. The first-order chi connectivity index (χ1) is 21.1. The lowest BCUT2D eigenvalue weighted by molar-refractivity contribution is -0.339. The lowest BCUT2D eigenvalue weighted by atomic mass is 9.89. The van der Waals surface area contributed by atoms with Crippen LogP contribution in [-0.4, -0.2) is 76.8 Å². The number of aromatic nitrogens is 1. The predicted octanol–water partition coefficient (Wildman–Crippen LogP) is 3.34. The molecule has 246 valence electrons. The number of nitrogens with one attached hydrogen (secondary N) is 3. The zero-order valence-corrected chi connectivity index (χ0v) is 25.9. The highest BCUT2D eigenvalue weighted by atomic mass is 19.4. The molecule has 1 saturated heterocycles. The van der Waals surface area contributed by atoms with Crippen LogP contribution < -0.4 is 16.1 Å². The van der Waals surface area contributed by atoms with Gasteiger partial charge in [0.05, 0.1) is 29.3 Å². The van der Waals surface area contributed by atoms with E-state index in [1.54, 1.807) is 45.0 Å². The van der Waals surface area contributed by atoms with Crippen LogP contribution in [-0.2, 0) is 23.9 Å². The van der Waals surface area contributed by atoms with E-state index in [2.05, 4.69) is 20.8 Å². The molecule has 4 N–H and O–H groups in total. The fourth-order valence-electron chi connectivity index (χ4n) is 5.15. The summed E-state index contributed by atoms with van der Waals surface area (Å²) in [5.74, 6) is -2.09.